The fraction of sp³-hybridized carbons (Fsp3) is 0.0909. The predicted octanol–water partition coefficient (Wildman–Crippen LogP) is 2.29. The zero-order valence-corrected chi connectivity index (χ0v) is 8.65. The molecule has 1 aromatic heterocycles. The third-order valence-electron chi connectivity index (χ3n) is 2.01. The molecule has 15 heavy (non-hydrogen) atoms. The van der Waals surface area contributed by atoms with E-state index >= 15 is 0 Å². The van der Waals surface area contributed by atoms with Crippen LogP contribution in [0, 0.1) is 0 Å². The van der Waals surface area contributed by atoms with Gasteiger partial charge in [0, 0.05) is 10.6 Å². The van der Waals surface area contributed by atoms with Crippen molar-refractivity contribution in [1.82, 2.24) is 9.97 Å². The van der Waals surface area contributed by atoms with E-state index in [4.69, 9.17) is 16.7 Å². The highest BCUT2D eigenvalue weighted by Gasteiger charge is 2.01. The molecule has 0 spiro atoms. The van der Waals surface area contributed by atoms with Gasteiger partial charge in [0.15, 0.2) is 0 Å². The molecule has 0 aliphatic carbocycles. The number of rotatable bonds is 2. The largest absolute Gasteiger partial charge is 0.390 e. The fourth-order valence-corrected chi connectivity index (χ4v) is 1.48. The lowest BCUT2D eigenvalue weighted by molar-refractivity contribution is 0.276. The first-order chi connectivity index (χ1) is 7.29. The molecule has 76 valence electrons. The minimum absolute atomic E-state index is 0.0872. The first-order valence-electron chi connectivity index (χ1n) is 4.47. The average Bonchev–Trinajstić information content (AvgIpc) is 2.29. The van der Waals surface area contributed by atoms with E-state index in [2.05, 4.69) is 9.97 Å². The van der Waals surface area contributed by atoms with Gasteiger partial charge in [-0.1, -0.05) is 23.7 Å². The van der Waals surface area contributed by atoms with Crippen molar-refractivity contribution in [2.24, 2.45) is 0 Å². The van der Waals surface area contributed by atoms with Crippen LogP contribution in [0.5, 0.6) is 0 Å². The number of hydrogen-bond donors (Lipinski definition) is 1. The van der Waals surface area contributed by atoms with Gasteiger partial charge in [-0.2, -0.15) is 0 Å². The quantitative estimate of drug-likeness (QED) is 0.845. The molecule has 0 saturated carbocycles. The first-order valence-corrected chi connectivity index (χ1v) is 4.85. The van der Waals surface area contributed by atoms with Crippen molar-refractivity contribution >= 4 is 11.6 Å². The van der Waals surface area contributed by atoms with Crippen LogP contribution >= 0.6 is 11.6 Å². The Kier molecular flexibility index (Phi) is 2.94. The molecule has 2 rings (SSSR count). The van der Waals surface area contributed by atoms with Crippen LogP contribution in [-0.4, -0.2) is 15.1 Å². The summed E-state index contributed by atoms with van der Waals surface area (Å²) in [5.74, 6) is 0. The van der Waals surface area contributed by atoms with Gasteiger partial charge in [-0.05, 0) is 18.2 Å². The Hall–Kier alpha value is -1.45. The van der Waals surface area contributed by atoms with Crippen molar-refractivity contribution < 1.29 is 5.11 Å². The summed E-state index contributed by atoms with van der Waals surface area (Å²) < 4.78 is 0. The van der Waals surface area contributed by atoms with Crippen molar-refractivity contribution in [1.29, 1.82) is 0 Å². The van der Waals surface area contributed by atoms with Crippen LogP contribution in [0.2, 0.25) is 5.02 Å². The standard InChI is InChI=1S/C11H9ClN2O/c12-9-3-1-2-8(4-9)11-5-10(6-15)13-7-14-11/h1-5,7,15H,6H2. The third kappa shape index (κ3) is 2.32. The van der Waals surface area contributed by atoms with Gasteiger partial charge in [-0.15, -0.1) is 0 Å². The van der Waals surface area contributed by atoms with Crippen LogP contribution in [0.4, 0.5) is 0 Å². The van der Waals surface area contributed by atoms with E-state index in [0.29, 0.717) is 10.7 Å². The van der Waals surface area contributed by atoms with E-state index in [9.17, 15) is 0 Å². The molecule has 0 amide bonds. The highest BCUT2D eigenvalue weighted by molar-refractivity contribution is 6.30. The zero-order valence-electron chi connectivity index (χ0n) is 7.89. The summed E-state index contributed by atoms with van der Waals surface area (Å²) in [6.07, 6.45) is 1.43. The maximum atomic E-state index is 8.95. The molecular formula is C11H9ClN2O. The molecule has 0 saturated heterocycles. The maximum absolute atomic E-state index is 8.95. The fourth-order valence-electron chi connectivity index (χ4n) is 1.29. The van der Waals surface area contributed by atoms with Crippen molar-refractivity contribution in [3.05, 3.63) is 47.4 Å². The molecule has 1 N–H and O–H groups in total. The highest BCUT2D eigenvalue weighted by atomic mass is 35.5. The van der Waals surface area contributed by atoms with E-state index in [1.165, 1.54) is 6.33 Å². The molecule has 0 bridgehead atoms. The molecule has 0 aliphatic heterocycles. The van der Waals surface area contributed by atoms with Crippen molar-refractivity contribution in [2.75, 3.05) is 0 Å². The topological polar surface area (TPSA) is 46.0 Å². The van der Waals surface area contributed by atoms with Crippen molar-refractivity contribution in [3.8, 4) is 11.3 Å². The summed E-state index contributed by atoms with van der Waals surface area (Å²) in [5.41, 5.74) is 2.27. The molecule has 0 aliphatic rings. The molecule has 0 unspecified atom stereocenters. The lowest BCUT2D eigenvalue weighted by Gasteiger charge is -2.02. The van der Waals surface area contributed by atoms with Gasteiger partial charge in [0.25, 0.3) is 0 Å². The van der Waals surface area contributed by atoms with Crippen LogP contribution in [0.25, 0.3) is 11.3 Å². The van der Waals surface area contributed by atoms with Crippen molar-refractivity contribution in [2.45, 2.75) is 6.61 Å². The number of benzene rings is 1. The summed E-state index contributed by atoms with van der Waals surface area (Å²) in [6, 6.07) is 9.14. The molecule has 1 heterocycles. The summed E-state index contributed by atoms with van der Waals surface area (Å²) in [7, 11) is 0. The predicted molar refractivity (Wildman–Crippen MR) is 58.4 cm³/mol. The number of aliphatic hydroxyl groups excluding tert-OH is 1. The Balaban J connectivity index is 2.44. The first kappa shape index (κ1) is 10.1. The normalized spacial score (nSPS) is 10.3. The molecule has 0 fully saturated rings. The van der Waals surface area contributed by atoms with Crippen LogP contribution < -0.4 is 0 Å². The highest BCUT2D eigenvalue weighted by Crippen LogP contribution is 2.20. The second-order valence-corrected chi connectivity index (χ2v) is 3.50. The second-order valence-electron chi connectivity index (χ2n) is 3.06. The van der Waals surface area contributed by atoms with E-state index in [0.717, 1.165) is 11.3 Å². The lowest BCUT2D eigenvalue weighted by atomic mass is 10.1. The number of halogens is 1. The Labute approximate surface area is 92.4 Å². The number of aliphatic hydroxyl groups is 1. The van der Waals surface area contributed by atoms with Crippen LogP contribution in [0.15, 0.2) is 36.7 Å². The summed E-state index contributed by atoms with van der Waals surface area (Å²) in [6.45, 7) is -0.0872. The summed E-state index contributed by atoms with van der Waals surface area (Å²) >= 11 is 5.88. The molecular weight excluding hydrogens is 212 g/mol. The Morgan fingerprint density at radius 3 is 2.80 bits per heavy atom. The van der Waals surface area contributed by atoms with E-state index in [1.54, 1.807) is 12.1 Å². The minimum atomic E-state index is -0.0872. The molecule has 0 atom stereocenters. The Morgan fingerprint density at radius 2 is 2.07 bits per heavy atom. The molecule has 2 aromatic rings. The Morgan fingerprint density at radius 1 is 1.20 bits per heavy atom. The molecule has 0 radical (unpaired) electrons. The zero-order chi connectivity index (χ0) is 10.7. The van der Waals surface area contributed by atoms with Gasteiger partial charge in [0.1, 0.15) is 6.33 Å². The number of hydrogen-bond acceptors (Lipinski definition) is 3. The summed E-state index contributed by atoms with van der Waals surface area (Å²) in [5, 5.41) is 9.61. The monoisotopic (exact) mass is 220 g/mol. The van der Waals surface area contributed by atoms with Gasteiger partial charge in [0.05, 0.1) is 18.0 Å². The van der Waals surface area contributed by atoms with E-state index < -0.39 is 0 Å². The van der Waals surface area contributed by atoms with Gasteiger partial charge in [0.2, 0.25) is 0 Å². The van der Waals surface area contributed by atoms with Gasteiger partial charge >= 0.3 is 0 Å². The smallest absolute Gasteiger partial charge is 0.116 e. The van der Waals surface area contributed by atoms with Crippen LogP contribution in [-0.2, 0) is 6.61 Å². The van der Waals surface area contributed by atoms with Crippen LogP contribution in [0.1, 0.15) is 5.69 Å². The van der Waals surface area contributed by atoms with Gasteiger partial charge in [-0.25, -0.2) is 9.97 Å². The summed E-state index contributed by atoms with van der Waals surface area (Å²) in [4.78, 5) is 8.03. The molecule has 4 heteroatoms. The van der Waals surface area contributed by atoms with Crippen LogP contribution in [0.3, 0.4) is 0 Å². The second kappa shape index (κ2) is 4.38. The molecule has 3 nitrogen and oxygen atoms in total. The van der Waals surface area contributed by atoms with E-state index in [1.807, 2.05) is 18.2 Å². The van der Waals surface area contributed by atoms with Crippen molar-refractivity contribution in [3.63, 3.8) is 0 Å². The number of nitrogens with zero attached hydrogens (tertiary/aromatic N) is 2. The third-order valence-corrected chi connectivity index (χ3v) is 2.24. The Bertz CT molecular complexity index is 474. The van der Waals surface area contributed by atoms with Gasteiger partial charge < -0.3 is 5.11 Å². The maximum Gasteiger partial charge on any atom is 0.116 e. The van der Waals surface area contributed by atoms with E-state index in [-0.39, 0.29) is 6.61 Å². The average molecular weight is 221 g/mol. The SMILES string of the molecule is OCc1cc(-c2cccc(Cl)c2)ncn1. The molecule has 1 aromatic carbocycles. The lowest BCUT2D eigenvalue weighted by Crippen LogP contribution is -1.92. The van der Waals surface area contributed by atoms with Gasteiger partial charge in [-0.3, -0.25) is 0 Å². The number of aromatic nitrogens is 2. The minimum Gasteiger partial charge on any atom is -0.390 e.